The van der Waals surface area contributed by atoms with Gasteiger partial charge in [0.05, 0.1) is 13.1 Å². The molecule has 3 rings (SSSR count). The fraction of sp³-hybridized carbons (Fsp3) is 0.364. The molecule has 1 aromatic carbocycles. The molecule has 29 heavy (non-hydrogen) atoms. The van der Waals surface area contributed by atoms with E-state index >= 15 is 0 Å². The number of pyridine rings is 1. The second-order valence-corrected chi connectivity index (χ2v) is 7.79. The quantitative estimate of drug-likeness (QED) is 0.511. The summed E-state index contributed by atoms with van der Waals surface area (Å²) < 4.78 is 2.09. The number of hydrogen-bond acceptors (Lipinski definition) is 5. The number of hydrogen-bond donors (Lipinski definition) is 1. The Morgan fingerprint density at radius 3 is 2.45 bits per heavy atom. The lowest BCUT2D eigenvalue weighted by molar-refractivity contribution is -0.125. The van der Waals surface area contributed by atoms with Crippen molar-refractivity contribution in [2.75, 3.05) is 0 Å². The summed E-state index contributed by atoms with van der Waals surface area (Å²) in [4.78, 5) is 16.5. The molecular weight excluding hydrogens is 382 g/mol. The molecule has 0 atom stereocenters. The number of carbonyl (C=O) groups excluding carboxylic acids is 1. The summed E-state index contributed by atoms with van der Waals surface area (Å²) >= 11 is 1.64. The fourth-order valence-corrected chi connectivity index (χ4v) is 3.99. The zero-order valence-corrected chi connectivity index (χ0v) is 17.7. The minimum Gasteiger partial charge on any atom is -0.349 e. The van der Waals surface area contributed by atoms with Crippen LogP contribution in [0, 0.1) is 5.92 Å². The number of nitrogens with one attached hydrogen (secondary N) is 1. The molecule has 0 saturated carbocycles. The highest BCUT2D eigenvalue weighted by atomic mass is 32.2. The van der Waals surface area contributed by atoms with E-state index in [0.717, 1.165) is 29.6 Å². The van der Waals surface area contributed by atoms with Crippen LogP contribution < -0.4 is 5.32 Å². The summed E-state index contributed by atoms with van der Waals surface area (Å²) in [6.07, 6.45) is 5.27. The van der Waals surface area contributed by atoms with Crippen molar-refractivity contribution >= 4 is 17.7 Å². The van der Waals surface area contributed by atoms with Crippen LogP contribution in [0.25, 0.3) is 0 Å². The van der Waals surface area contributed by atoms with Gasteiger partial charge in [0.1, 0.15) is 0 Å². The molecule has 3 aromatic rings. The molecule has 7 heteroatoms. The smallest absolute Gasteiger partial charge is 0.223 e. The van der Waals surface area contributed by atoms with E-state index < -0.39 is 0 Å². The van der Waals surface area contributed by atoms with E-state index in [4.69, 9.17) is 0 Å². The third-order valence-electron chi connectivity index (χ3n) is 4.87. The van der Waals surface area contributed by atoms with Gasteiger partial charge in [-0.3, -0.25) is 9.78 Å². The highest BCUT2D eigenvalue weighted by Gasteiger charge is 2.17. The lowest BCUT2D eigenvalue weighted by atomic mass is 10.0. The SMILES string of the molecule is CCC(CC)C(=O)NCc1nnc(SCc2ccncc2)n1Cc1ccccc1. The van der Waals surface area contributed by atoms with Crippen LogP contribution in [0.2, 0.25) is 0 Å². The van der Waals surface area contributed by atoms with E-state index in [9.17, 15) is 4.79 Å². The van der Waals surface area contributed by atoms with Crippen molar-refractivity contribution in [1.29, 1.82) is 0 Å². The van der Waals surface area contributed by atoms with Gasteiger partial charge in [-0.1, -0.05) is 55.9 Å². The maximum atomic E-state index is 12.4. The van der Waals surface area contributed by atoms with Crippen molar-refractivity contribution < 1.29 is 4.79 Å². The summed E-state index contributed by atoms with van der Waals surface area (Å²) in [7, 11) is 0. The number of benzene rings is 1. The molecule has 0 radical (unpaired) electrons. The Kier molecular flexibility index (Phi) is 7.81. The van der Waals surface area contributed by atoms with Crippen molar-refractivity contribution in [1.82, 2.24) is 25.1 Å². The minimum absolute atomic E-state index is 0.0426. The number of rotatable bonds is 10. The first-order valence-corrected chi connectivity index (χ1v) is 10.9. The molecule has 0 fully saturated rings. The van der Waals surface area contributed by atoms with Crippen LogP contribution >= 0.6 is 11.8 Å². The number of carbonyl (C=O) groups is 1. The molecule has 0 saturated heterocycles. The van der Waals surface area contributed by atoms with Crippen LogP contribution in [-0.2, 0) is 23.6 Å². The molecule has 0 spiro atoms. The average Bonchev–Trinajstić information content (AvgIpc) is 3.14. The molecule has 0 bridgehead atoms. The van der Waals surface area contributed by atoms with Crippen molar-refractivity contribution in [3.63, 3.8) is 0 Å². The standard InChI is InChI=1S/C22H27N5OS/c1-3-19(4-2)21(28)24-14-20-25-26-22(29-16-18-10-12-23-13-11-18)27(20)15-17-8-6-5-7-9-17/h5-13,19H,3-4,14-16H2,1-2H3,(H,24,28). The molecule has 1 amide bonds. The lowest BCUT2D eigenvalue weighted by Crippen LogP contribution is -2.30. The number of aromatic nitrogens is 4. The molecule has 0 aliphatic heterocycles. The van der Waals surface area contributed by atoms with Gasteiger partial charge in [0.15, 0.2) is 11.0 Å². The van der Waals surface area contributed by atoms with Crippen LogP contribution in [0.15, 0.2) is 60.0 Å². The normalized spacial score (nSPS) is 11.0. The summed E-state index contributed by atoms with van der Waals surface area (Å²) in [6, 6.07) is 14.2. The first kappa shape index (κ1) is 21.0. The van der Waals surface area contributed by atoms with Crippen LogP contribution in [-0.4, -0.2) is 25.7 Å². The van der Waals surface area contributed by atoms with E-state index in [1.54, 1.807) is 24.2 Å². The molecule has 2 heterocycles. The second kappa shape index (κ2) is 10.8. The van der Waals surface area contributed by atoms with Gasteiger partial charge in [-0.25, -0.2) is 0 Å². The van der Waals surface area contributed by atoms with E-state index in [1.807, 2.05) is 44.2 Å². The Labute approximate surface area is 176 Å². The summed E-state index contributed by atoms with van der Waals surface area (Å²) in [5.74, 6) is 1.68. The molecule has 1 N–H and O–H groups in total. The van der Waals surface area contributed by atoms with Gasteiger partial charge in [0.25, 0.3) is 0 Å². The van der Waals surface area contributed by atoms with Gasteiger partial charge < -0.3 is 9.88 Å². The second-order valence-electron chi connectivity index (χ2n) is 6.85. The Bertz CT molecular complexity index is 894. The van der Waals surface area contributed by atoms with E-state index in [0.29, 0.717) is 13.1 Å². The lowest BCUT2D eigenvalue weighted by Gasteiger charge is -2.14. The number of thioether (sulfide) groups is 1. The summed E-state index contributed by atoms with van der Waals surface area (Å²) in [5.41, 5.74) is 2.36. The van der Waals surface area contributed by atoms with Gasteiger partial charge in [-0.15, -0.1) is 10.2 Å². The molecule has 2 aromatic heterocycles. The molecule has 152 valence electrons. The van der Waals surface area contributed by atoms with Gasteiger partial charge in [-0.2, -0.15) is 0 Å². The molecule has 0 aliphatic carbocycles. The zero-order valence-electron chi connectivity index (χ0n) is 16.9. The first-order chi connectivity index (χ1) is 14.2. The van der Waals surface area contributed by atoms with Crippen molar-refractivity contribution in [3.05, 3.63) is 71.8 Å². The molecule has 0 aliphatic rings. The maximum Gasteiger partial charge on any atom is 0.223 e. The predicted octanol–water partition coefficient (Wildman–Crippen LogP) is 4.07. The van der Waals surface area contributed by atoms with E-state index in [-0.39, 0.29) is 11.8 Å². The fourth-order valence-electron chi connectivity index (χ4n) is 3.08. The topological polar surface area (TPSA) is 72.7 Å². The minimum atomic E-state index is 0.0426. The third kappa shape index (κ3) is 5.90. The third-order valence-corrected chi connectivity index (χ3v) is 5.91. The van der Waals surface area contributed by atoms with E-state index in [2.05, 4.69) is 37.2 Å². The molecule has 6 nitrogen and oxygen atoms in total. The van der Waals surface area contributed by atoms with Crippen molar-refractivity contribution in [2.45, 2.75) is 50.7 Å². The van der Waals surface area contributed by atoms with Gasteiger partial charge in [-0.05, 0) is 36.1 Å². The zero-order chi connectivity index (χ0) is 20.5. The van der Waals surface area contributed by atoms with Crippen LogP contribution in [0.5, 0.6) is 0 Å². The highest BCUT2D eigenvalue weighted by molar-refractivity contribution is 7.98. The Balaban J connectivity index is 1.76. The van der Waals surface area contributed by atoms with Crippen molar-refractivity contribution in [3.8, 4) is 0 Å². The maximum absolute atomic E-state index is 12.4. The number of amides is 1. The average molecular weight is 410 g/mol. The Morgan fingerprint density at radius 2 is 1.76 bits per heavy atom. The molecular formula is C22H27N5OS. The van der Waals surface area contributed by atoms with Gasteiger partial charge >= 0.3 is 0 Å². The van der Waals surface area contributed by atoms with Gasteiger partial charge in [0, 0.05) is 24.1 Å². The monoisotopic (exact) mass is 409 g/mol. The molecule has 0 unspecified atom stereocenters. The number of nitrogens with zero attached hydrogens (tertiary/aromatic N) is 4. The van der Waals surface area contributed by atoms with Crippen LogP contribution in [0.4, 0.5) is 0 Å². The van der Waals surface area contributed by atoms with Crippen LogP contribution in [0.3, 0.4) is 0 Å². The predicted molar refractivity (Wildman–Crippen MR) is 115 cm³/mol. The van der Waals surface area contributed by atoms with Crippen LogP contribution in [0.1, 0.15) is 43.6 Å². The van der Waals surface area contributed by atoms with Gasteiger partial charge in [0.2, 0.25) is 5.91 Å². The van der Waals surface area contributed by atoms with E-state index in [1.165, 1.54) is 11.1 Å². The summed E-state index contributed by atoms with van der Waals surface area (Å²) in [6.45, 7) is 5.13. The largest absolute Gasteiger partial charge is 0.349 e. The Morgan fingerprint density at radius 1 is 1.03 bits per heavy atom. The van der Waals surface area contributed by atoms with Crippen molar-refractivity contribution in [2.24, 2.45) is 5.92 Å². The first-order valence-electron chi connectivity index (χ1n) is 9.96. The summed E-state index contributed by atoms with van der Waals surface area (Å²) in [5, 5.41) is 12.7. The Hall–Kier alpha value is -2.67. The highest BCUT2D eigenvalue weighted by Crippen LogP contribution is 2.23.